The van der Waals surface area contributed by atoms with E-state index < -0.39 is 0 Å². The van der Waals surface area contributed by atoms with Gasteiger partial charge in [0.15, 0.2) is 0 Å². The van der Waals surface area contributed by atoms with Crippen LogP contribution in [0.25, 0.3) is 0 Å². The normalized spacial score (nSPS) is 18.4. The van der Waals surface area contributed by atoms with E-state index in [9.17, 15) is 0 Å². The third kappa shape index (κ3) is 1.73. The van der Waals surface area contributed by atoms with Gasteiger partial charge in [-0.25, -0.2) is 0 Å². The summed E-state index contributed by atoms with van der Waals surface area (Å²) in [6, 6.07) is 15.0. The maximum absolute atomic E-state index is 4.54. The second-order valence-corrected chi connectivity index (χ2v) is 4.47. The lowest BCUT2D eigenvalue weighted by molar-refractivity contribution is 0.660. The molecule has 0 bridgehead atoms. The first-order chi connectivity index (χ1) is 7.93. The smallest absolute Gasteiger partial charge is 0.0469 e. The first kappa shape index (κ1) is 9.59. The van der Waals surface area contributed by atoms with Crippen LogP contribution in [-0.4, -0.2) is 4.98 Å². The number of rotatable bonds is 2. The van der Waals surface area contributed by atoms with Crippen LogP contribution in [0.3, 0.4) is 0 Å². The van der Waals surface area contributed by atoms with Crippen LogP contribution >= 0.6 is 0 Å². The van der Waals surface area contributed by atoms with Crippen molar-refractivity contribution in [3.05, 3.63) is 65.5 Å². The van der Waals surface area contributed by atoms with Gasteiger partial charge in [0.05, 0.1) is 0 Å². The zero-order chi connectivity index (χ0) is 10.8. The Bertz CT molecular complexity index is 476. The molecule has 1 aromatic carbocycles. The molecule has 0 amide bonds. The Morgan fingerprint density at radius 3 is 2.81 bits per heavy atom. The number of aryl methyl sites for hydroxylation is 1. The lowest BCUT2D eigenvalue weighted by Crippen LogP contribution is -2.00. The third-order valence-corrected chi connectivity index (χ3v) is 3.40. The summed E-state index contributed by atoms with van der Waals surface area (Å²) in [6.45, 7) is 0. The molecular formula is C15H15N. The molecule has 0 spiro atoms. The minimum Gasteiger partial charge on any atom is -0.261 e. The quantitative estimate of drug-likeness (QED) is 0.739. The van der Waals surface area contributed by atoms with Crippen LogP contribution in [0, 0.1) is 0 Å². The topological polar surface area (TPSA) is 12.9 Å². The average Bonchev–Trinajstić information content (AvgIpc) is 2.74. The highest BCUT2D eigenvalue weighted by atomic mass is 14.7. The van der Waals surface area contributed by atoms with E-state index in [1.807, 2.05) is 12.3 Å². The van der Waals surface area contributed by atoms with Crippen molar-refractivity contribution in [3.63, 3.8) is 0 Å². The highest BCUT2D eigenvalue weighted by Crippen LogP contribution is 2.33. The minimum absolute atomic E-state index is 0.624. The Morgan fingerprint density at radius 1 is 1.06 bits per heavy atom. The van der Waals surface area contributed by atoms with E-state index in [0.29, 0.717) is 5.92 Å². The van der Waals surface area contributed by atoms with Gasteiger partial charge in [0.1, 0.15) is 0 Å². The minimum atomic E-state index is 0.624. The van der Waals surface area contributed by atoms with E-state index in [-0.39, 0.29) is 0 Å². The molecular weight excluding hydrogens is 194 g/mol. The van der Waals surface area contributed by atoms with Crippen LogP contribution in [-0.2, 0) is 12.8 Å². The first-order valence-electron chi connectivity index (χ1n) is 5.91. The van der Waals surface area contributed by atoms with E-state index in [1.54, 1.807) is 0 Å². The fourth-order valence-electron chi connectivity index (χ4n) is 2.59. The van der Waals surface area contributed by atoms with Crippen molar-refractivity contribution in [1.29, 1.82) is 0 Å². The van der Waals surface area contributed by atoms with E-state index >= 15 is 0 Å². The van der Waals surface area contributed by atoms with Crippen molar-refractivity contribution in [2.75, 3.05) is 0 Å². The molecule has 1 aliphatic carbocycles. The van der Waals surface area contributed by atoms with Crippen LogP contribution in [0.2, 0.25) is 0 Å². The van der Waals surface area contributed by atoms with Gasteiger partial charge in [-0.15, -0.1) is 0 Å². The number of aromatic nitrogens is 1. The Labute approximate surface area is 96.2 Å². The summed E-state index contributed by atoms with van der Waals surface area (Å²) in [7, 11) is 0. The Kier molecular flexibility index (Phi) is 2.45. The Morgan fingerprint density at radius 2 is 1.94 bits per heavy atom. The monoisotopic (exact) mass is 209 g/mol. The van der Waals surface area contributed by atoms with Gasteiger partial charge in [-0.1, -0.05) is 36.4 Å². The number of nitrogens with zero attached hydrogens (tertiary/aromatic N) is 1. The lowest BCUT2D eigenvalue weighted by Gasteiger charge is -2.10. The van der Waals surface area contributed by atoms with Crippen molar-refractivity contribution < 1.29 is 0 Å². The fraction of sp³-hybridized carbons (Fsp3) is 0.267. The second kappa shape index (κ2) is 4.09. The molecule has 0 radical (unpaired) electrons. The Hall–Kier alpha value is -1.63. The molecule has 1 nitrogen and oxygen atoms in total. The van der Waals surface area contributed by atoms with Crippen LogP contribution in [0.5, 0.6) is 0 Å². The van der Waals surface area contributed by atoms with Crippen molar-refractivity contribution in [1.82, 2.24) is 4.98 Å². The van der Waals surface area contributed by atoms with E-state index in [0.717, 1.165) is 6.42 Å². The highest BCUT2D eigenvalue weighted by molar-refractivity contribution is 5.30. The molecule has 16 heavy (non-hydrogen) atoms. The molecule has 80 valence electrons. The summed E-state index contributed by atoms with van der Waals surface area (Å²) in [5, 5.41) is 0. The van der Waals surface area contributed by atoms with Crippen molar-refractivity contribution >= 4 is 0 Å². The van der Waals surface area contributed by atoms with Gasteiger partial charge in [0.2, 0.25) is 0 Å². The predicted molar refractivity (Wildman–Crippen MR) is 65.4 cm³/mol. The molecule has 1 aliphatic rings. The SMILES string of the molecule is c1ccc(CC2CCc3cccnc32)cc1. The summed E-state index contributed by atoms with van der Waals surface area (Å²) in [5.41, 5.74) is 4.20. The molecule has 1 heterocycles. The van der Waals surface area contributed by atoms with Crippen molar-refractivity contribution in [2.24, 2.45) is 0 Å². The van der Waals surface area contributed by atoms with E-state index in [1.165, 1.54) is 29.7 Å². The molecule has 0 N–H and O–H groups in total. The molecule has 1 aromatic heterocycles. The maximum Gasteiger partial charge on any atom is 0.0469 e. The molecule has 0 saturated carbocycles. The maximum atomic E-state index is 4.54. The van der Waals surface area contributed by atoms with Crippen LogP contribution in [0.15, 0.2) is 48.7 Å². The molecule has 1 atom stereocenters. The number of benzene rings is 1. The van der Waals surface area contributed by atoms with Crippen molar-refractivity contribution in [3.8, 4) is 0 Å². The average molecular weight is 209 g/mol. The summed E-state index contributed by atoms with van der Waals surface area (Å²) < 4.78 is 0. The summed E-state index contributed by atoms with van der Waals surface area (Å²) in [5.74, 6) is 0.624. The lowest BCUT2D eigenvalue weighted by atomic mass is 9.97. The number of hydrogen-bond acceptors (Lipinski definition) is 1. The summed E-state index contributed by atoms with van der Waals surface area (Å²) in [6.07, 6.45) is 5.49. The Balaban J connectivity index is 1.84. The second-order valence-electron chi connectivity index (χ2n) is 4.47. The van der Waals surface area contributed by atoms with Gasteiger partial charge in [-0.2, -0.15) is 0 Å². The van der Waals surface area contributed by atoms with Gasteiger partial charge in [-0.3, -0.25) is 4.98 Å². The van der Waals surface area contributed by atoms with Gasteiger partial charge in [0, 0.05) is 17.8 Å². The van der Waals surface area contributed by atoms with Gasteiger partial charge >= 0.3 is 0 Å². The summed E-state index contributed by atoms with van der Waals surface area (Å²) >= 11 is 0. The number of hydrogen-bond donors (Lipinski definition) is 0. The number of fused-ring (bicyclic) bond motifs is 1. The van der Waals surface area contributed by atoms with E-state index in [4.69, 9.17) is 0 Å². The fourth-order valence-corrected chi connectivity index (χ4v) is 2.59. The molecule has 2 aromatic rings. The summed E-state index contributed by atoms with van der Waals surface area (Å²) in [4.78, 5) is 4.54. The van der Waals surface area contributed by atoms with Crippen LogP contribution < -0.4 is 0 Å². The zero-order valence-electron chi connectivity index (χ0n) is 9.26. The van der Waals surface area contributed by atoms with Gasteiger partial charge in [0.25, 0.3) is 0 Å². The van der Waals surface area contributed by atoms with Crippen molar-refractivity contribution in [2.45, 2.75) is 25.2 Å². The predicted octanol–water partition coefficient (Wildman–Crippen LogP) is 3.35. The van der Waals surface area contributed by atoms with Crippen LogP contribution in [0.1, 0.15) is 29.2 Å². The molecule has 0 fully saturated rings. The molecule has 1 unspecified atom stereocenters. The van der Waals surface area contributed by atoms with E-state index in [2.05, 4.69) is 41.4 Å². The number of pyridine rings is 1. The van der Waals surface area contributed by atoms with Crippen LogP contribution in [0.4, 0.5) is 0 Å². The largest absolute Gasteiger partial charge is 0.261 e. The molecule has 0 aliphatic heterocycles. The molecule has 1 heteroatoms. The van der Waals surface area contributed by atoms with Gasteiger partial charge in [-0.05, 0) is 36.5 Å². The third-order valence-electron chi connectivity index (χ3n) is 3.40. The first-order valence-corrected chi connectivity index (χ1v) is 5.91. The standard InChI is InChI=1S/C15H15N/c1-2-5-12(6-3-1)11-14-9-8-13-7-4-10-16-15(13)14/h1-7,10,14H,8-9,11H2. The molecule has 3 rings (SSSR count). The highest BCUT2D eigenvalue weighted by Gasteiger charge is 2.23. The zero-order valence-corrected chi connectivity index (χ0v) is 9.26. The van der Waals surface area contributed by atoms with Gasteiger partial charge < -0.3 is 0 Å². The molecule has 0 saturated heterocycles.